The average molecular weight is 569 g/mol. The van der Waals surface area contributed by atoms with Crippen molar-refractivity contribution in [2.45, 2.75) is 22.0 Å². The molecule has 1 N–H and O–H groups in total. The highest BCUT2D eigenvalue weighted by atomic mass is 35.5. The number of alkyl halides is 1. The Morgan fingerprint density at radius 2 is 1.66 bits per heavy atom. The van der Waals surface area contributed by atoms with E-state index in [0.717, 1.165) is 13.1 Å². The molecule has 2 atom stereocenters. The number of β-amino-alcohol motifs (C(OH)–C–C–N with tert-alkyl or cyclic N) is 1. The zero-order valence-electron chi connectivity index (χ0n) is 19.2. The summed E-state index contributed by atoms with van der Waals surface area (Å²) < 4.78 is 47.9. The predicted octanol–water partition coefficient (Wildman–Crippen LogP) is 3.53. The third-order valence-electron chi connectivity index (χ3n) is 5.35. The lowest BCUT2D eigenvalue weighted by molar-refractivity contribution is 0.00465. The number of ether oxygens (including phenoxy) is 4. The molecule has 0 bridgehead atoms. The third kappa shape index (κ3) is 7.84. The first kappa shape index (κ1) is 28.3. The van der Waals surface area contributed by atoms with Gasteiger partial charge in [-0.05, 0) is 36.4 Å². The second kappa shape index (κ2) is 13.3. The number of methoxy groups -OCH3 is 1. The lowest BCUT2D eigenvalue weighted by atomic mass is 10.3. The first-order chi connectivity index (χ1) is 16.7. The van der Waals surface area contributed by atoms with Crippen LogP contribution in [0.4, 0.5) is 0 Å². The zero-order chi connectivity index (χ0) is 25.4. The van der Waals surface area contributed by atoms with Gasteiger partial charge in [-0.1, -0.05) is 23.2 Å². The van der Waals surface area contributed by atoms with Gasteiger partial charge in [-0.15, -0.1) is 11.6 Å². The Morgan fingerprint density at radius 1 is 1.03 bits per heavy atom. The molecular formula is C23H28Cl3NO7S. The number of aliphatic hydroxyl groups excluding tert-OH is 1. The molecule has 1 saturated heterocycles. The van der Waals surface area contributed by atoms with Crippen molar-refractivity contribution in [3.8, 4) is 11.5 Å². The van der Waals surface area contributed by atoms with Crippen LogP contribution in [0.15, 0.2) is 46.2 Å². The van der Waals surface area contributed by atoms with E-state index in [0.29, 0.717) is 25.5 Å². The van der Waals surface area contributed by atoms with Crippen LogP contribution < -0.4 is 9.47 Å². The maximum Gasteiger partial charge on any atom is 0.206 e. The Kier molecular flexibility index (Phi) is 10.7. The Labute approximate surface area is 220 Å². The molecule has 8 nitrogen and oxygen atoms in total. The molecule has 0 radical (unpaired) electrons. The number of sulfone groups is 1. The molecule has 1 heterocycles. The predicted molar refractivity (Wildman–Crippen MR) is 134 cm³/mol. The molecule has 2 aromatic carbocycles. The van der Waals surface area contributed by atoms with E-state index in [9.17, 15) is 13.5 Å². The lowest BCUT2D eigenvalue weighted by Gasteiger charge is -2.28. The summed E-state index contributed by atoms with van der Waals surface area (Å²) >= 11 is 18.3. The first-order valence-corrected chi connectivity index (χ1v) is 13.7. The van der Waals surface area contributed by atoms with Crippen molar-refractivity contribution in [1.29, 1.82) is 0 Å². The van der Waals surface area contributed by atoms with E-state index >= 15 is 0 Å². The van der Waals surface area contributed by atoms with Crippen LogP contribution in [-0.4, -0.2) is 89.7 Å². The summed E-state index contributed by atoms with van der Waals surface area (Å²) in [6, 6.07) is 8.49. The summed E-state index contributed by atoms with van der Waals surface area (Å²) in [6.45, 7) is 3.51. The molecule has 0 unspecified atom stereocenters. The molecule has 35 heavy (non-hydrogen) atoms. The van der Waals surface area contributed by atoms with Crippen LogP contribution in [0.3, 0.4) is 0 Å². The minimum absolute atomic E-state index is 0.0427. The second-order valence-corrected chi connectivity index (χ2v) is 11.0. The largest absolute Gasteiger partial charge is 0.491 e. The Morgan fingerprint density at radius 3 is 2.23 bits per heavy atom. The fourth-order valence-electron chi connectivity index (χ4n) is 3.36. The molecule has 0 aromatic heterocycles. The second-order valence-electron chi connectivity index (χ2n) is 7.89. The maximum absolute atomic E-state index is 13.1. The molecule has 0 amide bonds. The van der Waals surface area contributed by atoms with Gasteiger partial charge in [0.15, 0.2) is 5.75 Å². The summed E-state index contributed by atoms with van der Waals surface area (Å²) in [5.74, 6) is 0.806. The van der Waals surface area contributed by atoms with Gasteiger partial charge in [0.1, 0.15) is 31.2 Å². The number of hydrogen-bond acceptors (Lipinski definition) is 8. The van der Waals surface area contributed by atoms with Crippen molar-refractivity contribution in [1.82, 2.24) is 4.90 Å². The summed E-state index contributed by atoms with van der Waals surface area (Å²) in [5, 5.41) is 10.3. The van der Waals surface area contributed by atoms with Crippen molar-refractivity contribution < 1.29 is 32.5 Å². The van der Waals surface area contributed by atoms with Crippen molar-refractivity contribution >= 4 is 44.6 Å². The highest BCUT2D eigenvalue weighted by Crippen LogP contribution is 2.37. The number of rotatable bonds is 12. The van der Waals surface area contributed by atoms with E-state index in [2.05, 4.69) is 4.90 Å². The van der Waals surface area contributed by atoms with Crippen molar-refractivity contribution in [3.05, 3.63) is 46.4 Å². The van der Waals surface area contributed by atoms with Crippen LogP contribution in [0.25, 0.3) is 0 Å². The summed E-state index contributed by atoms with van der Waals surface area (Å²) in [6.07, 6.45) is -1.04. The van der Waals surface area contributed by atoms with E-state index in [1.54, 1.807) is 0 Å². The molecular weight excluding hydrogens is 541 g/mol. The summed E-state index contributed by atoms with van der Waals surface area (Å²) in [4.78, 5) is 2.07. The van der Waals surface area contributed by atoms with E-state index < -0.39 is 15.9 Å². The number of morpholine rings is 1. The normalized spacial score (nSPS) is 16.6. The SMILES string of the molecule is CO[C@H](CCl)COc1c(Cl)cc(S(=O)(=O)c2ccc(OC[C@@H](O)CN3CCOCC3)cc2)cc1Cl. The van der Waals surface area contributed by atoms with Crippen LogP contribution in [-0.2, 0) is 19.3 Å². The third-order valence-corrected chi connectivity index (χ3v) is 8.00. The topological polar surface area (TPSA) is 94.5 Å². The van der Waals surface area contributed by atoms with Gasteiger partial charge in [-0.25, -0.2) is 8.42 Å². The molecule has 1 aliphatic rings. The molecule has 2 aromatic rings. The number of halogens is 3. The van der Waals surface area contributed by atoms with Gasteiger partial charge >= 0.3 is 0 Å². The number of nitrogens with zero attached hydrogens (tertiary/aromatic N) is 1. The molecule has 0 saturated carbocycles. The van der Waals surface area contributed by atoms with Gasteiger partial charge in [0.05, 0.1) is 38.9 Å². The van der Waals surface area contributed by atoms with Gasteiger partial charge in [0, 0.05) is 26.7 Å². The zero-order valence-corrected chi connectivity index (χ0v) is 22.2. The molecule has 1 aliphatic heterocycles. The molecule has 0 spiro atoms. The lowest BCUT2D eigenvalue weighted by Crippen LogP contribution is -2.42. The Balaban J connectivity index is 1.63. The minimum Gasteiger partial charge on any atom is -0.491 e. The number of hydrogen-bond donors (Lipinski definition) is 1. The van der Waals surface area contributed by atoms with E-state index in [4.69, 9.17) is 53.8 Å². The molecule has 3 rings (SSSR count). The molecule has 1 fully saturated rings. The van der Waals surface area contributed by atoms with Gasteiger partial charge in [-0.2, -0.15) is 0 Å². The smallest absolute Gasteiger partial charge is 0.206 e. The summed E-state index contributed by atoms with van der Waals surface area (Å²) in [5.41, 5.74) is 0. The molecule has 0 aliphatic carbocycles. The van der Waals surface area contributed by atoms with E-state index in [1.807, 2.05) is 0 Å². The highest BCUT2D eigenvalue weighted by molar-refractivity contribution is 7.91. The minimum atomic E-state index is -3.90. The molecule has 12 heteroatoms. The van der Waals surface area contributed by atoms with E-state index in [-0.39, 0.29) is 50.8 Å². The van der Waals surface area contributed by atoms with Crippen LogP contribution >= 0.6 is 34.8 Å². The van der Waals surface area contributed by atoms with Crippen LogP contribution in [0.2, 0.25) is 10.0 Å². The van der Waals surface area contributed by atoms with Crippen molar-refractivity contribution in [2.75, 3.05) is 59.1 Å². The maximum atomic E-state index is 13.1. The van der Waals surface area contributed by atoms with E-state index in [1.165, 1.54) is 43.5 Å². The van der Waals surface area contributed by atoms with Gasteiger partial charge in [0.2, 0.25) is 9.84 Å². The quantitative estimate of drug-likeness (QED) is 0.389. The van der Waals surface area contributed by atoms with Crippen molar-refractivity contribution in [3.63, 3.8) is 0 Å². The fraction of sp³-hybridized carbons (Fsp3) is 0.478. The fourth-order valence-corrected chi connectivity index (χ4v) is 5.61. The molecule has 194 valence electrons. The van der Waals surface area contributed by atoms with Crippen molar-refractivity contribution in [2.24, 2.45) is 0 Å². The first-order valence-electron chi connectivity index (χ1n) is 10.9. The van der Waals surface area contributed by atoms with Gasteiger partial charge in [-0.3, -0.25) is 4.90 Å². The van der Waals surface area contributed by atoms with Crippen LogP contribution in [0, 0.1) is 0 Å². The van der Waals surface area contributed by atoms with Crippen LogP contribution in [0.1, 0.15) is 0 Å². The average Bonchev–Trinajstić information content (AvgIpc) is 2.85. The Hall–Kier alpha value is -1.30. The Bertz CT molecular complexity index is 1040. The summed E-state index contributed by atoms with van der Waals surface area (Å²) in [7, 11) is -2.40. The highest BCUT2D eigenvalue weighted by Gasteiger charge is 2.22. The van der Waals surface area contributed by atoms with Crippen LogP contribution in [0.5, 0.6) is 11.5 Å². The standard InChI is InChI=1S/C23H28Cl3NO7S/c1-31-18(12-24)15-34-23-21(25)10-20(11-22(23)26)35(29,30)19-4-2-17(3-5-19)33-14-16(28)13-27-6-8-32-9-7-27/h2-5,10-11,16,18,28H,6-9,12-15H2,1H3/t16-,18+/m0/s1. The monoisotopic (exact) mass is 567 g/mol. The van der Waals surface area contributed by atoms with Gasteiger partial charge in [0.25, 0.3) is 0 Å². The van der Waals surface area contributed by atoms with Gasteiger partial charge < -0.3 is 24.1 Å². The number of aliphatic hydroxyl groups is 1. The number of benzene rings is 2.